The van der Waals surface area contributed by atoms with Gasteiger partial charge < -0.3 is 9.73 Å². The van der Waals surface area contributed by atoms with Crippen LogP contribution in [-0.4, -0.2) is 11.7 Å². The number of amidine groups is 1. The van der Waals surface area contributed by atoms with E-state index in [9.17, 15) is 4.79 Å². The predicted octanol–water partition coefficient (Wildman–Crippen LogP) is 3.44. The molecule has 0 atom stereocenters. The molecule has 1 aromatic carbocycles. The molecule has 4 nitrogen and oxygen atoms in total. The Balaban J connectivity index is 1.66. The summed E-state index contributed by atoms with van der Waals surface area (Å²) in [5.74, 6) is 1.09. The number of nitrogens with one attached hydrogen (secondary N) is 1. The molecule has 106 valence electrons. The average Bonchev–Trinajstić information content (AvgIpc) is 3.10. The minimum absolute atomic E-state index is 0.197. The van der Waals surface area contributed by atoms with Crippen LogP contribution < -0.4 is 5.32 Å². The molecule has 5 heteroatoms. The quantitative estimate of drug-likeness (QED) is 0.879. The summed E-state index contributed by atoms with van der Waals surface area (Å²) in [6.45, 7) is 0. The van der Waals surface area contributed by atoms with Crippen LogP contribution >= 0.6 is 11.6 Å². The zero-order valence-electron chi connectivity index (χ0n) is 11.2. The summed E-state index contributed by atoms with van der Waals surface area (Å²) in [4.78, 5) is 16.1. The molecule has 1 aliphatic heterocycles. The van der Waals surface area contributed by atoms with Crippen molar-refractivity contribution < 1.29 is 9.21 Å². The van der Waals surface area contributed by atoms with E-state index in [1.54, 1.807) is 24.5 Å². The Kier molecular flexibility index (Phi) is 3.88. The molecule has 2 heterocycles. The van der Waals surface area contributed by atoms with Gasteiger partial charge in [-0.15, -0.1) is 0 Å². The van der Waals surface area contributed by atoms with E-state index >= 15 is 0 Å². The maximum absolute atomic E-state index is 11.8. The highest BCUT2D eigenvalue weighted by molar-refractivity contribution is 6.30. The third-order valence-electron chi connectivity index (χ3n) is 3.13. The van der Waals surface area contributed by atoms with Crippen molar-refractivity contribution in [3.8, 4) is 0 Å². The number of hydrogen-bond acceptors (Lipinski definition) is 3. The van der Waals surface area contributed by atoms with E-state index in [1.807, 2.05) is 24.3 Å². The summed E-state index contributed by atoms with van der Waals surface area (Å²) in [5.41, 5.74) is 1.52. The number of rotatable bonds is 4. The zero-order chi connectivity index (χ0) is 14.7. The number of benzene rings is 1. The van der Waals surface area contributed by atoms with E-state index in [-0.39, 0.29) is 5.91 Å². The van der Waals surface area contributed by atoms with Gasteiger partial charge >= 0.3 is 0 Å². The Hall–Kier alpha value is -2.33. The fourth-order valence-corrected chi connectivity index (χ4v) is 2.18. The van der Waals surface area contributed by atoms with Crippen LogP contribution in [0.5, 0.6) is 0 Å². The van der Waals surface area contributed by atoms with E-state index < -0.39 is 0 Å². The molecular weight excluding hydrogens is 288 g/mol. The molecule has 2 aromatic rings. The third kappa shape index (κ3) is 3.41. The number of hydrogen-bond donors (Lipinski definition) is 1. The molecule has 0 spiro atoms. The lowest BCUT2D eigenvalue weighted by molar-refractivity contribution is -0.115. The highest BCUT2D eigenvalue weighted by Gasteiger charge is 2.19. The molecule has 3 rings (SSSR count). The number of aryl methyl sites for hydroxylation is 1. The molecule has 0 fully saturated rings. The molecule has 0 unspecified atom stereocenters. The number of nitrogens with zero attached hydrogens (tertiary/aromatic N) is 1. The summed E-state index contributed by atoms with van der Waals surface area (Å²) < 4.78 is 5.18. The van der Waals surface area contributed by atoms with Gasteiger partial charge in [-0.2, -0.15) is 0 Å². The first-order valence-electron chi connectivity index (χ1n) is 6.59. The first-order valence-corrected chi connectivity index (χ1v) is 6.97. The fourth-order valence-electron chi connectivity index (χ4n) is 2.06. The van der Waals surface area contributed by atoms with Gasteiger partial charge in [-0.1, -0.05) is 23.7 Å². The van der Waals surface area contributed by atoms with Crippen LogP contribution in [0.25, 0.3) is 6.08 Å². The van der Waals surface area contributed by atoms with Gasteiger partial charge in [0.05, 0.1) is 6.26 Å². The largest absolute Gasteiger partial charge is 0.465 e. The van der Waals surface area contributed by atoms with E-state index in [0.717, 1.165) is 12.0 Å². The summed E-state index contributed by atoms with van der Waals surface area (Å²) >= 11 is 5.85. The van der Waals surface area contributed by atoms with Crippen molar-refractivity contribution in [3.05, 3.63) is 64.7 Å². The van der Waals surface area contributed by atoms with Gasteiger partial charge in [0.1, 0.15) is 17.3 Å². The van der Waals surface area contributed by atoms with E-state index in [2.05, 4.69) is 10.3 Å². The number of carbonyl (C=O) groups is 1. The molecule has 0 bridgehead atoms. The van der Waals surface area contributed by atoms with E-state index in [0.29, 0.717) is 28.7 Å². The minimum atomic E-state index is -0.197. The SMILES string of the molecule is O=C1NC(CCc2ccc(Cl)cc2)=N/C1=C/c1ccco1. The van der Waals surface area contributed by atoms with Gasteiger partial charge in [-0.3, -0.25) is 4.79 Å². The van der Waals surface area contributed by atoms with Gasteiger partial charge in [-0.05, 0) is 36.2 Å². The summed E-state index contributed by atoms with van der Waals surface area (Å²) in [6, 6.07) is 11.2. The van der Waals surface area contributed by atoms with Crippen molar-refractivity contribution in [1.29, 1.82) is 0 Å². The maximum Gasteiger partial charge on any atom is 0.275 e. The lowest BCUT2D eigenvalue weighted by Gasteiger charge is -2.01. The zero-order valence-corrected chi connectivity index (χ0v) is 11.9. The molecule has 0 saturated carbocycles. The van der Waals surface area contributed by atoms with Gasteiger partial charge in [-0.25, -0.2) is 4.99 Å². The molecule has 21 heavy (non-hydrogen) atoms. The van der Waals surface area contributed by atoms with Crippen molar-refractivity contribution in [3.63, 3.8) is 0 Å². The van der Waals surface area contributed by atoms with Crippen molar-refractivity contribution in [2.45, 2.75) is 12.8 Å². The monoisotopic (exact) mass is 300 g/mol. The summed E-state index contributed by atoms with van der Waals surface area (Å²) in [5, 5.41) is 3.49. The normalized spacial score (nSPS) is 16.1. The van der Waals surface area contributed by atoms with Crippen LogP contribution in [0.1, 0.15) is 17.7 Å². The van der Waals surface area contributed by atoms with Crippen molar-refractivity contribution in [1.82, 2.24) is 5.32 Å². The molecule has 1 aliphatic rings. The van der Waals surface area contributed by atoms with Crippen molar-refractivity contribution in [2.24, 2.45) is 4.99 Å². The number of amides is 1. The lowest BCUT2D eigenvalue weighted by atomic mass is 10.1. The molecule has 1 amide bonds. The van der Waals surface area contributed by atoms with Crippen LogP contribution in [-0.2, 0) is 11.2 Å². The van der Waals surface area contributed by atoms with Crippen molar-refractivity contribution >= 4 is 29.4 Å². The number of carbonyl (C=O) groups excluding carboxylic acids is 1. The second-order valence-electron chi connectivity index (χ2n) is 4.68. The topological polar surface area (TPSA) is 54.6 Å². The van der Waals surface area contributed by atoms with Gasteiger partial charge in [0, 0.05) is 17.5 Å². The summed E-state index contributed by atoms with van der Waals surface area (Å²) in [7, 11) is 0. The fraction of sp³-hybridized carbons (Fsp3) is 0.125. The van der Waals surface area contributed by atoms with Crippen LogP contribution in [0, 0.1) is 0 Å². The number of aliphatic imine (C=N–C) groups is 1. The molecule has 0 radical (unpaired) electrons. The lowest BCUT2D eigenvalue weighted by Crippen LogP contribution is -2.24. The third-order valence-corrected chi connectivity index (χ3v) is 3.38. The smallest absolute Gasteiger partial charge is 0.275 e. The first-order chi connectivity index (χ1) is 10.2. The molecule has 1 N–H and O–H groups in total. The Bertz CT molecular complexity index is 700. The maximum atomic E-state index is 11.8. The van der Waals surface area contributed by atoms with E-state index in [4.69, 9.17) is 16.0 Å². The van der Waals surface area contributed by atoms with Crippen LogP contribution in [0.4, 0.5) is 0 Å². The predicted molar refractivity (Wildman–Crippen MR) is 82.0 cm³/mol. The van der Waals surface area contributed by atoms with Crippen LogP contribution in [0.15, 0.2) is 57.8 Å². The van der Waals surface area contributed by atoms with Crippen molar-refractivity contribution in [2.75, 3.05) is 0 Å². The van der Waals surface area contributed by atoms with Crippen LogP contribution in [0.2, 0.25) is 5.02 Å². The number of furan rings is 1. The van der Waals surface area contributed by atoms with Gasteiger partial charge in [0.15, 0.2) is 0 Å². The Morgan fingerprint density at radius 2 is 2.00 bits per heavy atom. The Morgan fingerprint density at radius 1 is 1.19 bits per heavy atom. The molecule has 0 saturated heterocycles. The average molecular weight is 301 g/mol. The number of halogens is 1. The molecular formula is C16H13ClN2O2. The molecule has 1 aromatic heterocycles. The standard InChI is InChI=1S/C16H13ClN2O2/c17-12-6-3-11(4-7-12)5-8-15-18-14(16(20)19-15)10-13-2-1-9-21-13/h1-4,6-7,9-10H,5,8H2,(H,18,19,20)/b14-10+. The van der Waals surface area contributed by atoms with E-state index in [1.165, 1.54) is 0 Å². The summed E-state index contributed by atoms with van der Waals surface area (Å²) in [6.07, 6.45) is 4.65. The van der Waals surface area contributed by atoms with Gasteiger partial charge in [0.25, 0.3) is 5.91 Å². The highest BCUT2D eigenvalue weighted by Crippen LogP contribution is 2.15. The van der Waals surface area contributed by atoms with Crippen LogP contribution in [0.3, 0.4) is 0 Å². The second kappa shape index (κ2) is 5.97. The Labute approximate surface area is 127 Å². The Morgan fingerprint density at radius 3 is 2.71 bits per heavy atom. The molecule has 0 aliphatic carbocycles. The highest BCUT2D eigenvalue weighted by atomic mass is 35.5. The second-order valence-corrected chi connectivity index (χ2v) is 5.12. The van der Waals surface area contributed by atoms with Gasteiger partial charge in [0.2, 0.25) is 0 Å². The first kappa shape index (κ1) is 13.6. The minimum Gasteiger partial charge on any atom is -0.465 e.